The number of amidine groups is 1. The molecule has 1 fully saturated rings. The van der Waals surface area contributed by atoms with E-state index in [1.54, 1.807) is 11.6 Å². The van der Waals surface area contributed by atoms with Crippen LogP contribution in [0, 0.1) is 0 Å². The number of carboxylic acids is 1. The molecule has 1 atom stereocenters. The minimum atomic E-state index is -1.24. The Morgan fingerprint density at radius 1 is 1.02 bits per heavy atom. The number of carbonyl (C=O) groups excluding carboxylic acids is 1. The SMILES string of the molecule is CC(=O)O.CCCOCSOP(C)O.CCN=N/N=C(\N)CC.CN(C)c1nc(C(=O)NCCN2CCCCC2)nc(NCC(c2ccccc2)c2ccccc2)c1N. The van der Waals surface area contributed by atoms with E-state index in [9.17, 15) is 4.79 Å². The first-order valence-corrected chi connectivity index (χ1v) is 22.3. The third kappa shape index (κ3) is 24.3. The smallest absolute Gasteiger partial charge is 0.300 e. The Kier molecular flexibility index (Phi) is 28.9. The fraction of sp³-hybridized carbons (Fsp3) is 0.525. The second-order valence-electron chi connectivity index (χ2n) is 13.1. The molecule has 59 heavy (non-hydrogen) atoms. The van der Waals surface area contributed by atoms with Gasteiger partial charge in [-0.1, -0.05) is 80.9 Å². The van der Waals surface area contributed by atoms with Crippen molar-refractivity contribution in [3.8, 4) is 0 Å². The Morgan fingerprint density at radius 3 is 2.12 bits per heavy atom. The quantitative estimate of drug-likeness (QED) is 0.0106. The van der Waals surface area contributed by atoms with Gasteiger partial charge in [-0.3, -0.25) is 13.6 Å². The number of nitrogens with two attached hydrogens (primary N) is 2. The Hall–Kier alpha value is -4.45. The molecule has 0 bridgehead atoms. The van der Waals surface area contributed by atoms with E-state index in [4.69, 9.17) is 35.0 Å². The van der Waals surface area contributed by atoms with Gasteiger partial charge in [0.25, 0.3) is 11.9 Å². The lowest BCUT2D eigenvalue weighted by Gasteiger charge is -2.26. The van der Waals surface area contributed by atoms with E-state index in [2.05, 4.69) is 65.2 Å². The average Bonchev–Trinajstić information content (AvgIpc) is 3.22. The standard InChI is InChI=1S/C28H37N7O.C5H12N4.C5H13O3PS.C2H4O2/c1-34(2)27-24(29)25(32-26(33-27)28(36)30-16-19-35-17-10-5-11-18-35)31-20-23(21-12-6-3-7-13-21)22-14-8-4-9-15-22;1-3-5(6)8-9-7-4-2;1-3-4-7-5-10-8-9(2)6;1-2(3)4/h3-4,6-9,12-15,23H,5,10-11,16-20,29H2,1-2H3,(H,30,36)(H,31,32,33);3-4H2,1-2H3,(H2,6,7,8);6H,3-5H2,1-2H3;1H3,(H,3,4). The highest BCUT2D eigenvalue weighted by molar-refractivity contribution is 7.97. The van der Waals surface area contributed by atoms with Crippen molar-refractivity contribution in [2.45, 2.75) is 65.7 Å². The minimum absolute atomic E-state index is 0.0893. The maximum Gasteiger partial charge on any atom is 0.300 e. The number of carboxylic acid groups (broad SMARTS) is 1. The van der Waals surface area contributed by atoms with E-state index in [-0.39, 0.29) is 17.6 Å². The highest BCUT2D eigenvalue weighted by atomic mass is 32.2. The Morgan fingerprint density at radius 2 is 1.61 bits per heavy atom. The van der Waals surface area contributed by atoms with Gasteiger partial charge in [0.15, 0.2) is 20.0 Å². The molecule has 2 heterocycles. The summed E-state index contributed by atoms with van der Waals surface area (Å²) in [5.74, 6) is 1.09. The molecule has 1 amide bonds. The summed E-state index contributed by atoms with van der Waals surface area (Å²) >= 11 is 1.16. The maximum absolute atomic E-state index is 13.0. The van der Waals surface area contributed by atoms with Gasteiger partial charge >= 0.3 is 0 Å². The predicted molar refractivity (Wildman–Crippen MR) is 242 cm³/mol. The largest absolute Gasteiger partial charge is 0.481 e. The van der Waals surface area contributed by atoms with Crippen LogP contribution in [0.5, 0.6) is 0 Å². The lowest BCUT2D eigenvalue weighted by Crippen LogP contribution is -2.38. The number of nitrogens with zero attached hydrogens (tertiary/aromatic N) is 7. The van der Waals surface area contributed by atoms with Crippen LogP contribution < -0.4 is 27.0 Å². The summed E-state index contributed by atoms with van der Waals surface area (Å²) in [5.41, 5.74) is 14.6. The number of hydrogen-bond acceptors (Lipinski definition) is 14. The first kappa shape index (κ1) is 52.6. The molecule has 0 spiro atoms. The molecule has 19 heteroatoms. The van der Waals surface area contributed by atoms with E-state index in [1.807, 2.05) is 71.3 Å². The molecule has 3 aromatic rings. The number of rotatable bonds is 19. The number of aromatic nitrogens is 2. The van der Waals surface area contributed by atoms with Gasteiger partial charge in [-0.25, -0.2) is 9.97 Å². The van der Waals surface area contributed by atoms with Gasteiger partial charge in [0, 0.05) is 78.3 Å². The third-order valence-electron chi connectivity index (χ3n) is 7.97. The first-order chi connectivity index (χ1) is 28.3. The molecular weight excluding hydrogens is 794 g/mol. The van der Waals surface area contributed by atoms with Crippen LogP contribution in [0.2, 0.25) is 0 Å². The van der Waals surface area contributed by atoms with E-state index < -0.39 is 14.3 Å². The summed E-state index contributed by atoms with van der Waals surface area (Å²) in [5, 5.41) is 24.5. The van der Waals surface area contributed by atoms with Gasteiger partial charge in [0.05, 0.1) is 6.54 Å². The van der Waals surface area contributed by atoms with Crippen molar-refractivity contribution in [2.24, 2.45) is 21.2 Å². The van der Waals surface area contributed by atoms with Crippen LogP contribution in [0.15, 0.2) is 76.1 Å². The molecule has 4 rings (SSSR count). The van der Waals surface area contributed by atoms with Gasteiger partial charge in [-0.15, -0.1) is 5.10 Å². The van der Waals surface area contributed by atoms with Gasteiger partial charge in [-0.05, 0) is 55.6 Å². The highest BCUT2D eigenvalue weighted by Crippen LogP contribution is 2.32. The van der Waals surface area contributed by atoms with E-state index >= 15 is 0 Å². The second kappa shape index (κ2) is 32.4. The zero-order valence-electron chi connectivity index (χ0n) is 35.7. The number of nitrogens with one attached hydrogen (secondary N) is 2. The molecule has 17 nitrogen and oxygen atoms in total. The molecule has 0 aliphatic carbocycles. The zero-order valence-corrected chi connectivity index (χ0v) is 37.4. The molecule has 8 N–H and O–H groups in total. The summed E-state index contributed by atoms with van der Waals surface area (Å²) in [4.78, 5) is 43.8. The molecule has 1 aliphatic rings. The van der Waals surface area contributed by atoms with Gasteiger partial charge in [-0.2, -0.15) is 5.11 Å². The molecule has 0 radical (unpaired) electrons. The number of benzene rings is 2. The Balaban J connectivity index is 0.000000618. The molecule has 2 aromatic carbocycles. The summed E-state index contributed by atoms with van der Waals surface area (Å²) < 4.78 is 9.87. The fourth-order valence-electron chi connectivity index (χ4n) is 5.18. The predicted octanol–water partition coefficient (Wildman–Crippen LogP) is 6.79. The number of aliphatic carboxylic acids is 1. The summed E-state index contributed by atoms with van der Waals surface area (Å²) in [6.45, 7) is 14.1. The van der Waals surface area contributed by atoms with Crippen LogP contribution in [0.4, 0.5) is 17.3 Å². The van der Waals surface area contributed by atoms with Crippen LogP contribution in [0.25, 0.3) is 0 Å². The number of ether oxygens (including phenoxy) is 1. The number of piperidine rings is 1. The maximum atomic E-state index is 13.0. The molecule has 1 saturated heterocycles. The molecule has 0 saturated carbocycles. The molecule has 328 valence electrons. The monoisotopic (exact) mass is 859 g/mol. The van der Waals surface area contributed by atoms with Crippen LogP contribution >= 0.6 is 20.4 Å². The van der Waals surface area contributed by atoms with Crippen molar-refractivity contribution in [3.63, 3.8) is 0 Å². The molecular formula is C40H66N11O6PS. The Labute approximate surface area is 356 Å². The number of anilines is 3. The zero-order chi connectivity index (χ0) is 43.8. The fourth-order valence-corrected chi connectivity index (χ4v) is 6.15. The number of nitrogen functional groups attached to an aromatic ring is 1. The normalized spacial score (nSPS) is 13.2. The second-order valence-corrected chi connectivity index (χ2v) is 15.1. The summed E-state index contributed by atoms with van der Waals surface area (Å²) in [6.07, 6.45) is 5.48. The van der Waals surface area contributed by atoms with Crippen molar-refractivity contribution < 1.29 is 28.3 Å². The van der Waals surface area contributed by atoms with Gasteiger partial charge in [0.1, 0.15) is 17.5 Å². The van der Waals surface area contributed by atoms with Gasteiger partial charge in [0.2, 0.25) is 5.82 Å². The number of carbonyl (C=O) groups is 2. The lowest BCUT2D eigenvalue weighted by atomic mass is 9.91. The lowest BCUT2D eigenvalue weighted by molar-refractivity contribution is -0.134. The van der Waals surface area contributed by atoms with Crippen LogP contribution in [-0.2, 0) is 13.5 Å². The average molecular weight is 860 g/mol. The van der Waals surface area contributed by atoms with Crippen LogP contribution in [0.1, 0.15) is 87.5 Å². The highest BCUT2D eigenvalue weighted by Gasteiger charge is 2.21. The first-order valence-electron chi connectivity index (χ1n) is 19.7. The number of likely N-dealkylation sites (tertiary alicyclic amines) is 1. The van der Waals surface area contributed by atoms with Crippen molar-refractivity contribution in [2.75, 3.05) is 88.5 Å². The van der Waals surface area contributed by atoms with Crippen molar-refractivity contribution in [3.05, 3.63) is 77.6 Å². The third-order valence-corrected chi connectivity index (χ3v) is 9.52. The molecule has 1 aromatic heterocycles. The topological polar surface area (TPSA) is 239 Å². The van der Waals surface area contributed by atoms with Gasteiger partial charge < -0.3 is 46.6 Å². The minimum Gasteiger partial charge on any atom is -0.481 e. The van der Waals surface area contributed by atoms with E-state index in [1.165, 1.54) is 30.4 Å². The number of hydrogen-bond donors (Lipinski definition) is 6. The summed E-state index contributed by atoms with van der Waals surface area (Å²) in [6, 6.07) is 20.7. The van der Waals surface area contributed by atoms with Crippen molar-refractivity contribution >= 4 is 55.5 Å². The summed E-state index contributed by atoms with van der Waals surface area (Å²) in [7, 11) is 2.48. The van der Waals surface area contributed by atoms with E-state index in [0.717, 1.165) is 58.0 Å². The van der Waals surface area contributed by atoms with Crippen molar-refractivity contribution in [1.29, 1.82) is 0 Å². The van der Waals surface area contributed by atoms with Crippen LogP contribution in [-0.4, -0.2) is 115 Å². The Bertz CT molecular complexity index is 1590. The molecule has 1 unspecified atom stereocenters. The number of amides is 1. The van der Waals surface area contributed by atoms with Crippen LogP contribution in [0.3, 0.4) is 0 Å². The van der Waals surface area contributed by atoms with Crippen molar-refractivity contribution in [1.82, 2.24) is 20.2 Å². The molecule has 1 aliphatic heterocycles. The van der Waals surface area contributed by atoms with E-state index in [0.29, 0.717) is 48.7 Å².